The summed E-state index contributed by atoms with van der Waals surface area (Å²) in [4.78, 5) is 33.2. The zero-order valence-electron chi connectivity index (χ0n) is 11.4. The minimum absolute atomic E-state index is 0.113. The summed E-state index contributed by atoms with van der Waals surface area (Å²) < 4.78 is 25.8. The van der Waals surface area contributed by atoms with Crippen LogP contribution in [0.5, 0.6) is 0 Å². The molecule has 2 heterocycles. The van der Waals surface area contributed by atoms with E-state index in [-0.39, 0.29) is 6.61 Å². The smallest absolute Gasteiger partial charge is 0.303 e. The summed E-state index contributed by atoms with van der Waals surface area (Å²) in [7, 11) is 0. The van der Waals surface area contributed by atoms with Crippen LogP contribution >= 0.6 is 0 Å². The van der Waals surface area contributed by atoms with Crippen LogP contribution in [0.4, 0.5) is 0 Å². The third kappa shape index (κ3) is 3.45. The number of hydrogen-bond acceptors (Lipinski definition) is 8. The summed E-state index contributed by atoms with van der Waals surface area (Å²) in [6.45, 7) is 3.62. The Bertz CT molecular complexity index is 420. The molecule has 0 aromatic heterocycles. The predicted octanol–water partition coefficient (Wildman–Crippen LogP) is -0.463. The number of esters is 3. The maximum absolute atomic E-state index is 11.2. The first-order valence-corrected chi connectivity index (χ1v) is 6.17. The number of carbonyl (C=O) groups is 3. The highest BCUT2D eigenvalue weighted by atomic mass is 16.8. The van der Waals surface area contributed by atoms with E-state index in [4.69, 9.17) is 23.7 Å². The van der Waals surface area contributed by atoms with E-state index in [9.17, 15) is 14.4 Å². The second kappa shape index (κ2) is 5.76. The van der Waals surface area contributed by atoms with E-state index in [1.54, 1.807) is 0 Å². The summed E-state index contributed by atoms with van der Waals surface area (Å²) in [5.74, 6) is -1.56. The second-order valence-corrected chi connectivity index (χ2v) is 4.59. The predicted molar refractivity (Wildman–Crippen MR) is 61.3 cm³/mol. The van der Waals surface area contributed by atoms with Crippen molar-refractivity contribution in [2.75, 3.05) is 6.61 Å². The summed E-state index contributed by atoms with van der Waals surface area (Å²) in [5, 5.41) is 0. The van der Waals surface area contributed by atoms with Crippen molar-refractivity contribution < 1.29 is 38.1 Å². The molecule has 2 aliphatic rings. The minimum atomic E-state index is -0.875. The summed E-state index contributed by atoms with van der Waals surface area (Å²) >= 11 is 0. The van der Waals surface area contributed by atoms with Crippen molar-refractivity contribution in [3.8, 4) is 0 Å². The molecule has 0 amide bonds. The van der Waals surface area contributed by atoms with Gasteiger partial charge in [-0.15, -0.1) is 0 Å². The molecule has 0 aromatic rings. The first-order chi connectivity index (χ1) is 9.38. The van der Waals surface area contributed by atoms with Crippen LogP contribution in [0.1, 0.15) is 20.8 Å². The van der Waals surface area contributed by atoms with E-state index in [1.165, 1.54) is 20.8 Å². The van der Waals surface area contributed by atoms with Gasteiger partial charge in [0.25, 0.3) is 0 Å². The Hall–Kier alpha value is -1.67. The molecule has 0 N–H and O–H groups in total. The van der Waals surface area contributed by atoms with Crippen LogP contribution in [0.3, 0.4) is 0 Å². The maximum Gasteiger partial charge on any atom is 0.303 e. The SMILES string of the molecule is CC(=O)OC[C@H]1O[C@@H]2O[C@H]2[C@H](OC(C)=O)[C@@H]1OC(C)=O. The monoisotopic (exact) mass is 288 g/mol. The van der Waals surface area contributed by atoms with E-state index < -0.39 is 48.6 Å². The molecule has 2 rings (SSSR count). The first-order valence-electron chi connectivity index (χ1n) is 6.17. The zero-order chi connectivity index (χ0) is 14.9. The lowest BCUT2D eigenvalue weighted by molar-refractivity contribution is -0.197. The molecule has 20 heavy (non-hydrogen) atoms. The lowest BCUT2D eigenvalue weighted by Gasteiger charge is -2.33. The Labute approximate surface area is 115 Å². The van der Waals surface area contributed by atoms with Gasteiger partial charge in [-0.05, 0) is 0 Å². The summed E-state index contributed by atoms with van der Waals surface area (Å²) in [6.07, 6.45) is -3.38. The first kappa shape index (κ1) is 14.7. The summed E-state index contributed by atoms with van der Waals surface area (Å²) in [5.41, 5.74) is 0. The molecule has 0 spiro atoms. The van der Waals surface area contributed by atoms with Crippen LogP contribution in [-0.4, -0.2) is 55.2 Å². The highest BCUT2D eigenvalue weighted by Crippen LogP contribution is 2.38. The Kier molecular flexibility index (Phi) is 4.24. The molecule has 8 heteroatoms. The van der Waals surface area contributed by atoms with Crippen molar-refractivity contribution in [3.63, 3.8) is 0 Å². The molecule has 2 fully saturated rings. The molecule has 0 radical (unpaired) electrons. The Morgan fingerprint density at radius 3 is 2.05 bits per heavy atom. The normalized spacial score (nSPS) is 34.6. The van der Waals surface area contributed by atoms with E-state index in [0.29, 0.717) is 0 Å². The van der Waals surface area contributed by atoms with Gasteiger partial charge in [-0.2, -0.15) is 0 Å². The molecule has 0 aliphatic carbocycles. The molecule has 2 saturated heterocycles. The van der Waals surface area contributed by atoms with Crippen LogP contribution in [0.15, 0.2) is 0 Å². The topological polar surface area (TPSA) is 101 Å². The third-order valence-corrected chi connectivity index (χ3v) is 2.86. The molecular formula is C12H16O8. The highest BCUT2D eigenvalue weighted by molar-refractivity contribution is 5.68. The van der Waals surface area contributed by atoms with E-state index >= 15 is 0 Å². The molecule has 0 saturated carbocycles. The number of epoxide rings is 1. The quantitative estimate of drug-likeness (QED) is 0.389. The van der Waals surface area contributed by atoms with Gasteiger partial charge in [0.1, 0.15) is 12.7 Å². The fourth-order valence-corrected chi connectivity index (χ4v) is 2.09. The van der Waals surface area contributed by atoms with E-state index in [0.717, 1.165) is 0 Å². The molecule has 112 valence electrons. The van der Waals surface area contributed by atoms with Gasteiger partial charge in [0.2, 0.25) is 0 Å². The van der Waals surface area contributed by atoms with Crippen molar-refractivity contribution in [3.05, 3.63) is 0 Å². The zero-order valence-corrected chi connectivity index (χ0v) is 11.4. The van der Waals surface area contributed by atoms with Crippen LogP contribution < -0.4 is 0 Å². The number of carbonyl (C=O) groups excluding carboxylic acids is 3. The van der Waals surface area contributed by atoms with Crippen LogP contribution in [0.25, 0.3) is 0 Å². The van der Waals surface area contributed by atoms with Gasteiger partial charge in [0, 0.05) is 20.8 Å². The van der Waals surface area contributed by atoms with Gasteiger partial charge >= 0.3 is 17.9 Å². The van der Waals surface area contributed by atoms with Gasteiger partial charge < -0.3 is 23.7 Å². The average Bonchev–Trinajstić information content (AvgIpc) is 3.07. The standard InChI is InChI=1S/C12H16O8/c1-5(13)16-4-8-9(17-6(2)14)10(18-7(3)15)11-12(19-8)20-11/h8-12H,4H2,1-3H3/t8-,9-,10-,11+,12-/m1/s1. The van der Waals surface area contributed by atoms with Crippen LogP contribution in [0.2, 0.25) is 0 Å². The van der Waals surface area contributed by atoms with Crippen LogP contribution in [0, 0.1) is 0 Å². The Balaban J connectivity index is 2.09. The van der Waals surface area contributed by atoms with Crippen molar-refractivity contribution in [2.24, 2.45) is 0 Å². The van der Waals surface area contributed by atoms with Gasteiger partial charge in [0.15, 0.2) is 24.6 Å². The lowest BCUT2D eigenvalue weighted by Crippen LogP contribution is -2.53. The van der Waals surface area contributed by atoms with Crippen molar-refractivity contribution in [1.29, 1.82) is 0 Å². The fourth-order valence-electron chi connectivity index (χ4n) is 2.09. The highest BCUT2D eigenvalue weighted by Gasteiger charge is 2.60. The fraction of sp³-hybridized carbons (Fsp3) is 0.750. The number of hydrogen-bond donors (Lipinski definition) is 0. The third-order valence-electron chi connectivity index (χ3n) is 2.86. The molecule has 8 nitrogen and oxygen atoms in total. The van der Waals surface area contributed by atoms with Gasteiger partial charge in [-0.25, -0.2) is 0 Å². The van der Waals surface area contributed by atoms with E-state index in [2.05, 4.69) is 0 Å². The average molecular weight is 288 g/mol. The number of rotatable bonds is 4. The Morgan fingerprint density at radius 2 is 1.50 bits per heavy atom. The molecule has 5 atom stereocenters. The minimum Gasteiger partial charge on any atom is -0.463 e. The number of ether oxygens (including phenoxy) is 5. The molecule has 0 bridgehead atoms. The molecular weight excluding hydrogens is 272 g/mol. The van der Waals surface area contributed by atoms with Gasteiger partial charge in [-0.3, -0.25) is 14.4 Å². The maximum atomic E-state index is 11.2. The second-order valence-electron chi connectivity index (χ2n) is 4.59. The molecule has 2 aliphatic heterocycles. The van der Waals surface area contributed by atoms with Crippen molar-refractivity contribution >= 4 is 17.9 Å². The largest absolute Gasteiger partial charge is 0.463 e. The van der Waals surface area contributed by atoms with Gasteiger partial charge in [0.05, 0.1) is 0 Å². The Morgan fingerprint density at radius 1 is 0.900 bits per heavy atom. The van der Waals surface area contributed by atoms with Crippen molar-refractivity contribution in [2.45, 2.75) is 51.5 Å². The molecule has 0 aromatic carbocycles. The van der Waals surface area contributed by atoms with E-state index in [1.807, 2.05) is 0 Å². The van der Waals surface area contributed by atoms with Crippen LogP contribution in [-0.2, 0) is 38.1 Å². The van der Waals surface area contributed by atoms with Gasteiger partial charge in [-0.1, -0.05) is 0 Å². The lowest BCUT2D eigenvalue weighted by atomic mass is 10.0. The van der Waals surface area contributed by atoms with Crippen molar-refractivity contribution in [1.82, 2.24) is 0 Å². The number of fused-ring (bicyclic) bond motifs is 1. The summed E-state index contributed by atoms with van der Waals surface area (Å²) in [6, 6.07) is 0. The molecule has 0 unspecified atom stereocenters.